The summed E-state index contributed by atoms with van der Waals surface area (Å²) in [5.41, 5.74) is 0.0829. The number of carboxylic acid groups (broad SMARTS) is 1. The van der Waals surface area contributed by atoms with E-state index in [1.807, 2.05) is 0 Å². The highest BCUT2D eigenvalue weighted by Gasteiger charge is 2.19. The number of nitrogens with one attached hydrogen (secondary N) is 1. The topological polar surface area (TPSA) is 88.0 Å². The summed E-state index contributed by atoms with van der Waals surface area (Å²) in [6.45, 7) is 0. The van der Waals surface area contributed by atoms with Crippen LogP contribution in [0.4, 0.5) is 8.78 Å². The molecule has 4 rings (SSSR count). The number of H-pyrrole nitrogens is 1. The van der Waals surface area contributed by atoms with Crippen molar-refractivity contribution in [2.45, 2.75) is 0 Å². The second kappa shape index (κ2) is 4.96. The minimum Gasteiger partial charge on any atom is -0.477 e. The summed E-state index contributed by atoms with van der Waals surface area (Å²) in [6.07, 6.45) is 1.25. The predicted octanol–water partition coefficient (Wildman–Crippen LogP) is 2.90. The molecule has 0 saturated heterocycles. The van der Waals surface area contributed by atoms with Gasteiger partial charge >= 0.3 is 5.97 Å². The molecule has 0 saturated carbocycles. The Kier molecular flexibility index (Phi) is 3.00. The highest BCUT2D eigenvalue weighted by molar-refractivity contribution is 7.12. The number of hydrogen-bond acceptors (Lipinski definition) is 4. The van der Waals surface area contributed by atoms with E-state index < -0.39 is 23.2 Å². The van der Waals surface area contributed by atoms with Crippen molar-refractivity contribution in [2.24, 2.45) is 0 Å². The summed E-state index contributed by atoms with van der Waals surface area (Å²) in [5, 5.41) is 13.9. The molecule has 0 aliphatic heterocycles. The van der Waals surface area contributed by atoms with Crippen LogP contribution in [0.2, 0.25) is 0 Å². The Morgan fingerprint density at radius 3 is 2.75 bits per heavy atom. The number of hydrogen-bond donors (Lipinski definition) is 2. The lowest BCUT2D eigenvalue weighted by atomic mass is 10.1. The molecular weight excluding hydrogens is 340 g/mol. The number of rotatable bonds is 2. The number of aromatic carboxylic acids is 1. The molecule has 0 aliphatic rings. The van der Waals surface area contributed by atoms with Gasteiger partial charge in [0.25, 0.3) is 5.56 Å². The van der Waals surface area contributed by atoms with E-state index in [0.29, 0.717) is 0 Å². The summed E-state index contributed by atoms with van der Waals surface area (Å²) in [4.78, 5) is 27.7. The standard InChI is InChI=1S/C15H7F2N3O3S/c16-8-3-6-10(4-9(8)17)18-5-7-12(6)19-20(14(7)21)11-1-2-24-13(11)15(22)23/h1-5,19H,(H,22,23). The zero-order valence-electron chi connectivity index (χ0n) is 11.7. The molecule has 120 valence electrons. The predicted molar refractivity (Wildman–Crippen MR) is 83.9 cm³/mol. The Morgan fingerprint density at radius 1 is 1.25 bits per heavy atom. The van der Waals surface area contributed by atoms with Gasteiger partial charge in [0, 0.05) is 17.6 Å². The van der Waals surface area contributed by atoms with Gasteiger partial charge in [-0.3, -0.25) is 14.9 Å². The normalized spacial score (nSPS) is 11.4. The van der Waals surface area contributed by atoms with E-state index in [4.69, 9.17) is 0 Å². The molecular formula is C15H7F2N3O3S. The number of nitrogens with zero attached hydrogens (tertiary/aromatic N) is 2. The van der Waals surface area contributed by atoms with Gasteiger partial charge in [-0.15, -0.1) is 11.3 Å². The minimum atomic E-state index is -1.17. The number of fused-ring (bicyclic) bond motifs is 3. The largest absolute Gasteiger partial charge is 0.477 e. The van der Waals surface area contributed by atoms with Gasteiger partial charge in [0.15, 0.2) is 11.6 Å². The van der Waals surface area contributed by atoms with Crippen LogP contribution in [-0.4, -0.2) is 25.8 Å². The molecule has 3 heterocycles. The summed E-state index contributed by atoms with van der Waals surface area (Å²) >= 11 is 0.975. The third-order valence-corrected chi connectivity index (χ3v) is 4.54. The van der Waals surface area contributed by atoms with Crippen molar-refractivity contribution in [2.75, 3.05) is 0 Å². The molecule has 4 aromatic rings. The fraction of sp³-hybridized carbons (Fsp3) is 0. The molecule has 3 aromatic heterocycles. The van der Waals surface area contributed by atoms with Crippen LogP contribution < -0.4 is 5.56 Å². The van der Waals surface area contributed by atoms with Gasteiger partial charge in [-0.05, 0) is 17.5 Å². The highest BCUT2D eigenvalue weighted by Crippen LogP contribution is 2.25. The lowest BCUT2D eigenvalue weighted by molar-refractivity contribution is 0.0702. The zero-order chi connectivity index (χ0) is 17.0. The first-order chi connectivity index (χ1) is 11.5. The Hall–Kier alpha value is -3.07. The van der Waals surface area contributed by atoms with Crippen LogP contribution in [0.5, 0.6) is 0 Å². The monoisotopic (exact) mass is 347 g/mol. The van der Waals surface area contributed by atoms with Crippen LogP contribution in [-0.2, 0) is 0 Å². The average Bonchev–Trinajstić information content (AvgIpc) is 3.13. The summed E-state index contributed by atoms with van der Waals surface area (Å²) in [5.74, 6) is -3.27. The van der Waals surface area contributed by atoms with Gasteiger partial charge in [-0.2, -0.15) is 0 Å². The van der Waals surface area contributed by atoms with Crippen LogP contribution in [0.25, 0.3) is 27.5 Å². The molecule has 0 unspecified atom stereocenters. The first-order valence-corrected chi connectivity index (χ1v) is 7.55. The highest BCUT2D eigenvalue weighted by atomic mass is 32.1. The molecule has 0 radical (unpaired) electrons. The molecule has 1 aromatic carbocycles. The van der Waals surface area contributed by atoms with Crippen LogP contribution >= 0.6 is 11.3 Å². The van der Waals surface area contributed by atoms with Crippen molar-refractivity contribution in [3.05, 3.63) is 56.6 Å². The Morgan fingerprint density at radius 2 is 2.00 bits per heavy atom. The first kappa shape index (κ1) is 14.5. The van der Waals surface area contributed by atoms with Crippen LogP contribution in [0.15, 0.2) is 34.6 Å². The zero-order valence-corrected chi connectivity index (χ0v) is 12.5. The molecule has 0 spiro atoms. The van der Waals surface area contributed by atoms with E-state index >= 15 is 0 Å². The SMILES string of the molecule is O=C(O)c1sccc1-n1[nH]c2c(cnc3cc(F)c(F)cc32)c1=O. The lowest BCUT2D eigenvalue weighted by Gasteiger charge is -2.01. The van der Waals surface area contributed by atoms with E-state index in [1.54, 1.807) is 5.38 Å². The number of halogens is 2. The van der Waals surface area contributed by atoms with E-state index in [1.165, 1.54) is 12.3 Å². The quantitative estimate of drug-likeness (QED) is 0.584. The van der Waals surface area contributed by atoms with Crippen LogP contribution in [0, 0.1) is 11.6 Å². The van der Waals surface area contributed by atoms with E-state index in [9.17, 15) is 23.5 Å². The van der Waals surface area contributed by atoms with Crippen molar-refractivity contribution in [1.29, 1.82) is 0 Å². The second-order valence-electron chi connectivity index (χ2n) is 5.02. The molecule has 0 bridgehead atoms. The maximum absolute atomic E-state index is 13.5. The third kappa shape index (κ3) is 1.95. The number of thiophene rings is 1. The van der Waals surface area contributed by atoms with Crippen molar-refractivity contribution in [3.63, 3.8) is 0 Å². The fourth-order valence-corrected chi connectivity index (χ4v) is 3.27. The number of aromatic amines is 1. The summed E-state index contributed by atoms with van der Waals surface area (Å²) in [7, 11) is 0. The molecule has 24 heavy (non-hydrogen) atoms. The van der Waals surface area contributed by atoms with Gasteiger partial charge in [0.1, 0.15) is 4.88 Å². The number of pyridine rings is 1. The lowest BCUT2D eigenvalue weighted by Crippen LogP contribution is -2.16. The van der Waals surface area contributed by atoms with E-state index in [2.05, 4.69) is 10.1 Å². The van der Waals surface area contributed by atoms with Gasteiger partial charge in [0.05, 0.1) is 22.1 Å². The fourth-order valence-electron chi connectivity index (χ4n) is 2.56. The minimum absolute atomic E-state index is 0.0156. The van der Waals surface area contributed by atoms with Crippen molar-refractivity contribution < 1.29 is 18.7 Å². The van der Waals surface area contributed by atoms with Gasteiger partial charge in [-0.1, -0.05) is 0 Å². The van der Waals surface area contributed by atoms with Gasteiger partial charge in [0.2, 0.25) is 0 Å². The smallest absolute Gasteiger partial charge is 0.348 e. The molecule has 0 fully saturated rings. The van der Waals surface area contributed by atoms with Gasteiger partial charge in [-0.25, -0.2) is 18.3 Å². The summed E-state index contributed by atoms with van der Waals surface area (Å²) < 4.78 is 28.0. The van der Waals surface area contributed by atoms with Crippen molar-refractivity contribution >= 4 is 39.1 Å². The number of aromatic nitrogens is 3. The number of carboxylic acids is 1. The molecule has 6 nitrogen and oxygen atoms in total. The van der Waals surface area contributed by atoms with E-state index in [-0.39, 0.29) is 32.4 Å². The number of carbonyl (C=O) groups is 1. The maximum Gasteiger partial charge on any atom is 0.348 e. The summed E-state index contributed by atoms with van der Waals surface area (Å²) in [6, 6.07) is 3.37. The average molecular weight is 347 g/mol. The van der Waals surface area contributed by atoms with Gasteiger partial charge < -0.3 is 5.11 Å². The van der Waals surface area contributed by atoms with Crippen LogP contribution in [0.3, 0.4) is 0 Å². The molecule has 0 amide bonds. The Balaban J connectivity index is 2.09. The van der Waals surface area contributed by atoms with E-state index in [0.717, 1.165) is 28.2 Å². The Bertz CT molecular complexity index is 1190. The number of benzene rings is 1. The van der Waals surface area contributed by atoms with Crippen molar-refractivity contribution in [1.82, 2.24) is 14.8 Å². The first-order valence-electron chi connectivity index (χ1n) is 6.67. The van der Waals surface area contributed by atoms with Crippen LogP contribution in [0.1, 0.15) is 9.67 Å². The molecule has 9 heteroatoms. The molecule has 2 N–H and O–H groups in total. The molecule has 0 atom stereocenters. The third-order valence-electron chi connectivity index (χ3n) is 3.65. The maximum atomic E-state index is 13.5. The second-order valence-corrected chi connectivity index (χ2v) is 5.94. The molecule has 0 aliphatic carbocycles. The van der Waals surface area contributed by atoms with Crippen molar-refractivity contribution in [3.8, 4) is 5.69 Å². The Labute approximate surface area is 135 Å².